The lowest BCUT2D eigenvalue weighted by atomic mass is 9.78. The molecule has 4 rings (SSSR count). The number of benzene rings is 2. The van der Waals surface area contributed by atoms with Gasteiger partial charge in [-0.2, -0.15) is 0 Å². The Morgan fingerprint density at radius 1 is 1.00 bits per heavy atom. The van der Waals surface area contributed by atoms with Gasteiger partial charge in [0.1, 0.15) is 11.9 Å². The van der Waals surface area contributed by atoms with Crippen LogP contribution in [0.15, 0.2) is 54.6 Å². The summed E-state index contributed by atoms with van der Waals surface area (Å²) in [7, 11) is 0. The summed E-state index contributed by atoms with van der Waals surface area (Å²) in [4.78, 5) is 2.47. The molecule has 1 aliphatic heterocycles. The first-order valence-electron chi connectivity index (χ1n) is 10.1. The van der Waals surface area contributed by atoms with Crippen molar-refractivity contribution < 1.29 is 14.6 Å². The van der Waals surface area contributed by atoms with E-state index in [0.29, 0.717) is 23.5 Å². The van der Waals surface area contributed by atoms with E-state index in [1.54, 1.807) is 0 Å². The molecule has 2 fully saturated rings. The predicted octanol–water partition coefficient (Wildman–Crippen LogP) is 4.01. The van der Waals surface area contributed by atoms with E-state index in [1.807, 2.05) is 42.5 Å². The van der Waals surface area contributed by atoms with Crippen LogP contribution >= 0.6 is 11.6 Å². The summed E-state index contributed by atoms with van der Waals surface area (Å²) in [6.07, 6.45) is 1.11. The van der Waals surface area contributed by atoms with E-state index in [1.165, 1.54) is 5.56 Å². The van der Waals surface area contributed by atoms with Crippen molar-refractivity contribution in [2.24, 2.45) is 11.8 Å². The molecular formula is C23H28ClNO3. The molecule has 150 valence electrons. The zero-order valence-corrected chi connectivity index (χ0v) is 16.8. The molecule has 0 radical (unpaired) electrons. The molecule has 2 aromatic carbocycles. The number of hydrogen-bond acceptors (Lipinski definition) is 4. The number of hydrogen-bond donors (Lipinski definition) is 1. The molecule has 0 spiro atoms. The number of halogens is 1. The van der Waals surface area contributed by atoms with Gasteiger partial charge in [0, 0.05) is 24.7 Å². The van der Waals surface area contributed by atoms with Gasteiger partial charge in [-0.3, -0.25) is 0 Å². The first-order valence-corrected chi connectivity index (χ1v) is 10.5. The number of aliphatic hydroxyl groups excluding tert-OH is 1. The molecule has 5 heteroatoms. The summed E-state index contributed by atoms with van der Waals surface area (Å²) < 4.78 is 11.9. The Labute approximate surface area is 172 Å². The Kier molecular flexibility index (Phi) is 6.53. The van der Waals surface area contributed by atoms with Crippen molar-refractivity contribution in [2.75, 3.05) is 26.2 Å². The third kappa shape index (κ3) is 5.06. The van der Waals surface area contributed by atoms with E-state index in [-0.39, 0.29) is 6.10 Å². The molecule has 1 saturated carbocycles. The van der Waals surface area contributed by atoms with Gasteiger partial charge in [-0.05, 0) is 48.4 Å². The van der Waals surface area contributed by atoms with Crippen LogP contribution in [0.1, 0.15) is 18.4 Å². The number of nitrogens with zero attached hydrogens (tertiary/aromatic N) is 1. The molecule has 1 aliphatic carbocycles. The summed E-state index contributed by atoms with van der Waals surface area (Å²) in [6, 6.07) is 17.7. The monoisotopic (exact) mass is 401 g/mol. The van der Waals surface area contributed by atoms with Crippen LogP contribution in [0.25, 0.3) is 0 Å². The summed E-state index contributed by atoms with van der Waals surface area (Å²) in [6.45, 7) is 4.44. The minimum absolute atomic E-state index is 0.158. The Morgan fingerprint density at radius 2 is 1.79 bits per heavy atom. The molecule has 2 aromatic rings. The minimum Gasteiger partial charge on any atom is -0.488 e. The zero-order chi connectivity index (χ0) is 19.3. The van der Waals surface area contributed by atoms with Crippen LogP contribution in [0.4, 0.5) is 0 Å². The van der Waals surface area contributed by atoms with E-state index in [9.17, 15) is 5.11 Å². The fraction of sp³-hybridized carbons (Fsp3) is 0.478. The third-order valence-electron chi connectivity index (χ3n) is 5.91. The van der Waals surface area contributed by atoms with Crippen molar-refractivity contribution in [1.29, 1.82) is 0 Å². The number of ether oxygens (including phenoxy) is 2. The largest absolute Gasteiger partial charge is 0.488 e. The number of aliphatic hydroxyl groups is 1. The van der Waals surface area contributed by atoms with Crippen LogP contribution < -0.4 is 4.74 Å². The average Bonchev–Trinajstić information content (AvgIpc) is 3.08. The number of likely N-dealkylation sites (tertiary alicyclic amines) is 1. The van der Waals surface area contributed by atoms with Gasteiger partial charge in [-0.1, -0.05) is 48.0 Å². The van der Waals surface area contributed by atoms with Gasteiger partial charge in [0.25, 0.3) is 0 Å². The normalized spacial score (nSPS) is 27.5. The van der Waals surface area contributed by atoms with Gasteiger partial charge in [0.2, 0.25) is 0 Å². The highest BCUT2D eigenvalue weighted by molar-refractivity contribution is 6.30. The Hall–Kier alpha value is -1.59. The first-order chi connectivity index (χ1) is 13.7. The average molecular weight is 402 g/mol. The Balaban J connectivity index is 1.23. The van der Waals surface area contributed by atoms with Gasteiger partial charge >= 0.3 is 0 Å². The fourth-order valence-electron chi connectivity index (χ4n) is 4.47. The molecule has 0 amide bonds. The molecular weight excluding hydrogens is 374 g/mol. The standard InChI is InChI=1S/C23H28ClNO3/c24-20-7-4-8-21(13-20)28-23-12-19-15-25(14-18(19)11-22(23)26)9-10-27-16-17-5-2-1-3-6-17/h1-8,13,18-19,22-23,26H,9-12,14-16H2/t18-,19+,22+,23+/m0/s1. The highest BCUT2D eigenvalue weighted by atomic mass is 35.5. The fourth-order valence-corrected chi connectivity index (χ4v) is 4.65. The quantitative estimate of drug-likeness (QED) is 0.712. The van der Waals surface area contributed by atoms with Crippen molar-refractivity contribution in [3.05, 3.63) is 65.2 Å². The van der Waals surface area contributed by atoms with Gasteiger partial charge in [0.05, 0.1) is 19.3 Å². The van der Waals surface area contributed by atoms with Crippen LogP contribution in [-0.2, 0) is 11.3 Å². The molecule has 28 heavy (non-hydrogen) atoms. The van der Waals surface area contributed by atoms with E-state index < -0.39 is 6.10 Å². The van der Waals surface area contributed by atoms with Crippen molar-refractivity contribution in [1.82, 2.24) is 4.90 Å². The summed E-state index contributed by atoms with van der Waals surface area (Å²) in [5.41, 5.74) is 1.21. The lowest BCUT2D eigenvalue weighted by molar-refractivity contribution is -0.0231. The van der Waals surface area contributed by atoms with Crippen LogP contribution in [0.5, 0.6) is 5.75 Å². The van der Waals surface area contributed by atoms with E-state index >= 15 is 0 Å². The van der Waals surface area contributed by atoms with Gasteiger partial charge in [0.15, 0.2) is 0 Å². The molecule has 4 atom stereocenters. The smallest absolute Gasteiger partial charge is 0.125 e. The molecule has 0 unspecified atom stereocenters. The van der Waals surface area contributed by atoms with E-state index in [4.69, 9.17) is 21.1 Å². The Bertz CT molecular complexity index is 757. The number of fused-ring (bicyclic) bond motifs is 1. The maximum absolute atomic E-state index is 10.6. The molecule has 4 nitrogen and oxygen atoms in total. The Morgan fingerprint density at radius 3 is 2.57 bits per heavy atom. The minimum atomic E-state index is -0.422. The van der Waals surface area contributed by atoms with Crippen molar-refractivity contribution in [3.8, 4) is 5.75 Å². The van der Waals surface area contributed by atoms with Crippen LogP contribution in [-0.4, -0.2) is 48.5 Å². The topological polar surface area (TPSA) is 41.9 Å². The summed E-state index contributed by atoms with van der Waals surface area (Å²) in [5.74, 6) is 1.85. The zero-order valence-electron chi connectivity index (χ0n) is 16.0. The molecule has 1 heterocycles. The molecule has 2 aliphatic rings. The maximum atomic E-state index is 10.6. The van der Waals surface area contributed by atoms with Crippen LogP contribution in [0, 0.1) is 11.8 Å². The van der Waals surface area contributed by atoms with Crippen molar-refractivity contribution in [2.45, 2.75) is 31.7 Å². The van der Waals surface area contributed by atoms with Crippen LogP contribution in [0.3, 0.4) is 0 Å². The molecule has 0 bridgehead atoms. The van der Waals surface area contributed by atoms with E-state index in [2.05, 4.69) is 17.0 Å². The highest BCUT2D eigenvalue weighted by Gasteiger charge is 2.42. The lowest BCUT2D eigenvalue weighted by Gasteiger charge is -2.35. The molecule has 0 aromatic heterocycles. The van der Waals surface area contributed by atoms with Crippen molar-refractivity contribution in [3.63, 3.8) is 0 Å². The second-order valence-electron chi connectivity index (χ2n) is 7.97. The van der Waals surface area contributed by atoms with Gasteiger partial charge < -0.3 is 19.5 Å². The van der Waals surface area contributed by atoms with E-state index in [0.717, 1.165) is 44.8 Å². The van der Waals surface area contributed by atoms with Crippen LogP contribution in [0.2, 0.25) is 5.02 Å². The molecule has 1 N–H and O–H groups in total. The predicted molar refractivity (Wildman–Crippen MR) is 111 cm³/mol. The van der Waals surface area contributed by atoms with Gasteiger partial charge in [-0.25, -0.2) is 0 Å². The van der Waals surface area contributed by atoms with Crippen molar-refractivity contribution >= 4 is 11.6 Å². The third-order valence-corrected chi connectivity index (χ3v) is 6.14. The summed E-state index contributed by atoms with van der Waals surface area (Å²) >= 11 is 6.05. The highest BCUT2D eigenvalue weighted by Crippen LogP contribution is 2.38. The first kappa shape index (κ1) is 19.7. The maximum Gasteiger partial charge on any atom is 0.125 e. The SMILES string of the molecule is O[C@@H]1C[C@H]2CN(CCOCc3ccccc3)C[C@H]2C[C@H]1Oc1cccc(Cl)c1. The summed E-state index contributed by atoms with van der Waals surface area (Å²) in [5, 5.41) is 11.2. The molecule has 1 saturated heterocycles. The lowest BCUT2D eigenvalue weighted by Crippen LogP contribution is -2.42. The number of rotatable bonds is 7. The second kappa shape index (κ2) is 9.27. The van der Waals surface area contributed by atoms with Gasteiger partial charge in [-0.15, -0.1) is 0 Å². The second-order valence-corrected chi connectivity index (χ2v) is 8.41.